The number of hydrogen-bond donors (Lipinski definition) is 3. The van der Waals surface area contributed by atoms with E-state index in [9.17, 15) is 9.59 Å². The molecule has 1 unspecified atom stereocenters. The highest BCUT2D eigenvalue weighted by Gasteiger charge is 2.20. The summed E-state index contributed by atoms with van der Waals surface area (Å²) in [5.41, 5.74) is 7.79. The van der Waals surface area contributed by atoms with Gasteiger partial charge in [0.15, 0.2) is 0 Å². The van der Waals surface area contributed by atoms with Crippen LogP contribution in [0.15, 0.2) is 47.8 Å². The number of piperidine rings is 1. The first-order chi connectivity index (χ1) is 16.8. The van der Waals surface area contributed by atoms with Crippen LogP contribution in [0.25, 0.3) is 5.69 Å². The molecule has 3 heterocycles. The molecule has 186 valence electrons. The molecule has 1 amide bonds. The fraction of sp³-hybridized carbons (Fsp3) is 0.385. The Morgan fingerprint density at radius 1 is 1.29 bits per heavy atom. The van der Waals surface area contributed by atoms with Crippen LogP contribution in [0.1, 0.15) is 54.6 Å². The summed E-state index contributed by atoms with van der Waals surface area (Å²) in [5, 5.41) is 6.00. The summed E-state index contributed by atoms with van der Waals surface area (Å²) in [6, 6.07) is 7.80. The van der Waals surface area contributed by atoms with E-state index in [0.29, 0.717) is 23.7 Å². The predicted octanol–water partition coefficient (Wildman–Crippen LogP) is 3.63. The lowest BCUT2D eigenvalue weighted by Gasteiger charge is -2.18. The summed E-state index contributed by atoms with van der Waals surface area (Å²) >= 11 is 0. The number of carbonyl (C=O) groups excluding carboxylic acids is 1. The van der Waals surface area contributed by atoms with Gasteiger partial charge in [0, 0.05) is 12.2 Å². The lowest BCUT2D eigenvalue weighted by molar-refractivity contribution is 0.102. The maximum absolute atomic E-state index is 13.1. The normalized spacial score (nSPS) is 15.0. The number of ether oxygens (including phenoxy) is 1. The van der Waals surface area contributed by atoms with Gasteiger partial charge in [-0.25, -0.2) is 4.98 Å². The molecule has 9 heteroatoms. The van der Waals surface area contributed by atoms with Gasteiger partial charge in [0.05, 0.1) is 24.2 Å². The van der Waals surface area contributed by atoms with Gasteiger partial charge in [0.1, 0.15) is 23.5 Å². The number of hydrogen-bond acceptors (Lipinski definition) is 7. The van der Waals surface area contributed by atoms with Crippen LogP contribution in [0.5, 0.6) is 5.75 Å². The number of nitrogens with one attached hydrogen (secondary N) is 2. The van der Waals surface area contributed by atoms with E-state index in [4.69, 9.17) is 10.5 Å². The summed E-state index contributed by atoms with van der Waals surface area (Å²) in [7, 11) is 0. The average Bonchev–Trinajstić information content (AvgIpc) is 2.82. The highest BCUT2D eigenvalue weighted by atomic mass is 16.5. The zero-order valence-corrected chi connectivity index (χ0v) is 20.8. The van der Waals surface area contributed by atoms with Crippen molar-refractivity contribution >= 4 is 17.4 Å². The van der Waals surface area contributed by atoms with Gasteiger partial charge in [-0.3, -0.25) is 19.1 Å². The van der Waals surface area contributed by atoms with Crippen LogP contribution in [0.4, 0.5) is 11.5 Å². The zero-order chi connectivity index (χ0) is 25.4. The summed E-state index contributed by atoms with van der Waals surface area (Å²) in [6.45, 7) is 9.66. The molecule has 1 saturated heterocycles. The molecule has 0 saturated carbocycles. The minimum atomic E-state index is -0.640. The van der Waals surface area contributed by atoms with E-state index in [1.807, 2.05) is 32.9 Å². The molecule has 2 aromatic heterocycles. The van der Waals surface area contributed by atoms with Crippen molar-refractivity contribution in [1.29, 1.82) is 0 Å². The second-order valence-electron chi connectivity index (χ2n) is 8.57. The summed E-state index contributed by atoms with van der Waals surface area (Å²) in [4.78, 5) is 33.7. The van der Waals surface area contributed by atoms with E-state index < -0.39 is 11.5 Å². The van der Waals surface area contributed by atoms with Crippen molar-refractivity contribution < 1.29 is 9.53 Å². The highest BCUT2D eigenvalue weighted by Crippen LogP contribution is 2.24. The van der Waals surface area contributed by atoms with Crippen molar-refractivity contribution in [1.82, 2.24) is 19.9 Å². The van der Waals surface area contributed by atoms with Crippen molar-refractivity contribution in [3.63, 3.8) is 0 Å². The summed E-state index contributed by atoms with van der Waals surface area (Å²) < 4.78 is 6.87. The Labute approximate surface area is 205 Å². The average molecular weight is 479 g/mol. The van der Waals surface area contributed by atoms with E-state index in [1.165, 1.54) is 42.9 Å². The second kappa shape index (κ2) is 12.1. The molecule has 1 fully saturated rings. The Balaban J connectivity index is 0.000000420. The molecule has 1 aliphatic rings. The smallest absolute Gasteiger partial charge is 0.272 e. The molecule has 4 N–H and O–H groups in total. The number of aromatic nitrogens is 3. The third-order valence-corrected chi connectivity index (χ3v) is 5.72. The summed E-state index contributed by atoms with van der Waals surface area (Å²) in [5.74, 6) is -0.0604. The number of aryl methyl sites for hydroxylation is 2. The molecule has 1 aromatic carbocycles. The molecule has 0 bridgehead atoms. The summed E-state index contributed by atoms with van der Waals surface area (Å²) in [6.07, 6.45) is 8.56. The van der Waals surface area contributed by atoms with Crippen molar-refractivity contribution in [2.75, 3.05) is 24.2 Å². The Morgan fingerprint density at radius 2 is 2.03 bits per heavy atom. The Morgan fingerprint density at radius 3 is 2.57 bits per heavy atom. The van der Waals surface area contributed by atoms with E-state index in [2.05, 4.69) is 27.5 Å². The van der Waals surface area contributed by atoms with Crippen LogP contribution in [-0.2, 0) is 0 Å². The Kier molecular flexibility index (Phi) is 8.97. The van der Waals surface area contributed by atoms with Gasteiger partial charge < -0.3 is 21.1 Å². The van der Waals surface area contributed by atoms with Gasteiger partial charge in [0.2, 0.25) is 0 Å². The molecule has 0 radical (unpaired) electrons. The second-order valence-corrected chi connectivity index (χ2v) is 8.57. The van der Waals surface area contributed by atoms with Crippen LogP contribution < -0.4 is 26.7 Å². The minimum absolute atomic E-state index is 0.135. The first-order valence-electron chi connectivity index (χ1n) is 11.9. The van der Waals surface area contributed by atoms with Crippen LogP contribution in [0.2, 0.25) is 0 Å². The SMILES string of the molecule is CC1CCCCN1.CCOc1cc(C)c(-n2cnc(N)c(C(=O)Nc3cccnc3)c2=O)c(C)c1. The topological polar surface area (TPSA) is 124 Å². The van der Waals surface area contributed by atoms with Gasteiger partial charge in [-0.15, -0.1) is 0 Å². The maximum Gasteiger partial charge on any atom is 0.272 e. The van der Waals surface area contributed by atoms with E-state index in [1.54, 1.807) is 18.3 Å². The van der Waals surface area contributed by atoms with Crippen molar-refractivity contribution in [2.24, 2.45) is 0 Å². The van der Waals surface area contributed by atoms with Crippen LogP contribution >= 0.6 is 0 Å². The van der Waals surface area contributed by atoms with Crippen molar-refractivity contribution in [2.45, 2.75) is 53.0 Å². The first-order valence-corrected chi connectivity index (χ1v) is 11.9. The molecular formula is C26H34N6O3. The van der Waals surface area contributed by atoms with Crippen LogP contribution in [-0.4, -0.2) is 39.6 Å². The standard InChI is InChI=1S/C20H21N5O3.C6H13N/c1-4-28-15-8-12(2)17(13(3)9-15)25-11-23-18(21)16(20(25)27)19(26)24-14-6-5-7-22-10-14;1-6-4-2-3-5-7-6/h5-11H,4,21H2,1-3H3,(H,24,26);6-7H,2-5H2,1H3. The molecule has 3 aromatic rings. The monoisotopic (exact) mass is 478 g/mol. The van der Waals surface area contributed by atoms with Gasteiger partial charge >= 0.3 is 0 Å². The fourth-order valence-corrected chi connectivity index (χ4v) is 4.04. The van der Waals surface area contributed by atoms with E-state index in [0.717, 1.165) is 17.2 Å². The molecule has 9 nitrogen and oxygen atoms in total. The predicted molar refractivity (Wildman–Crippen MR) is 138 cm³/mol. The molecule has 0 aliphatic carbocycles. The fourth-order valence-electron chi connectivity index (χ4n) is 4.04. The van der Waals surface area contributed by atoms with Gasteiger partial charge in [0.25, 0.3) is 11.5 Å². The molecule has 1 aliphatic heterocycles. The number of amides is 1. The number of nitrogen functional groups attached to an aromatic ring is 1. The first kappa shape index (κ1) is 25.9. The van der Waals surface area contributed by atoms with E-state index in [-0.39, 0.29) is 11.4 Å². The number of benzene rings is 1. The van der Waals surface area contributed by atoms with Crippen LogP contribution in [0, 0.1) is 13.8 Å². The Hall–Kier alpha value is -3.72. The molecule has 1 atom stereocenters. The van der Waals surface area contributed by atoms with E-state index >= 15 is 0 Å². The van der Waals surface area contributed by atoms with Gasteiger partial charge in [-0.2, -0.15) is 0 Å². The molecule has 0 spiro atoms. The number of anilines is 2. The molecule has 4 rings (SSSR count). The lowest BCUT2D eigenvalue weighted by atomic mass is 10.1. The number of nitrogens with zero attached hydrogens (tertiary/aromatic N) is 3. The Bertz CT molecular complexity index is 1180. The third-order valence-electron chi connectivity index (χ3n) is 5.72. The van der Waals surface area contributed by atoms with Crippen molar-refractivity contribution in [3.05, 3.63) is 70.0 Å². The van der Waals surface area contributed by atoms with Crippen LogP contribution in [0.3, 0.4) is 0 Å². The molecule has 35 heavy (non-hydrogen) atoms. The number of carbonyl (C=O) groups is 1. The lowest BCUT2D eigenvalue weighted by Crippen LogP contribution is -2.31. The maximum atomic E-state index is 13.1. The number of nitrogens with two attached hydrogens (primary N) is 1. The number of rotatable bonds is 5. The van der Waals surface area contributed by atoms with Crippen molar-refractivity contribution in [3.8, 4) is 11.4 Å². The quantitative estimate of drug-likeness (QED) is 0.511. The highest BCUT2D eigenvalue weighted by molar-refractivity contribution is 6.06. The third kappa shape index (κ3) is 6.66. The number of pyridine rings is 1. The molecular weight excluding hydrogens is 444 g/mol. The van der Waals surface area contributed by atoms with Gasteiger partial charge in [-0.1, -0.05) is 6.42 Å². The minimum Gasteiger partial charge on any atom is -0.494 e. The zero-order valence-electron chi connectivity index (χ0n) is 20.8. The van der Waals surface area contributed by atoms with Gasteiger partial charge in [-0.05, 0) is 82.5 Å². The largest absolute Gasteiger partial charge is 0.494 e.